The van der Waals surface area contributed by atoms with Gasteiger partial charge in [0.25, 0.3) is 0 Å². The monoisotopic (exact) mass is 436 g/mol. The predicted octanol–water partition coefficient (Wildman–Crippen LogP) is 5.49. The molecule has 0 aliphatic rings. The van der Waals surface area contributed by atoms with Crippen LogP contribution in [0.5, 0.6) is 0 Å². The van der Waals surface area contributed by atoms with Crippen molar-refractivity contribution in [3.8, 4) is 33.1 Å². The number of hydrogen-bond donors (Lipinski definition) is 2. The number of carbonyl (C=O) groups excluding carboxylic acids is 1. The van der Waals surface area contributed by atoms with Gasteiger partial charge in [0.2, 0.25) is 0 Å². The molecule has 0 saturated carbocycles. The zero-order valence-electron chi connectivity index (χ0n) is 17.0. The van der Waals surface area contributed by atoms with E-state index >= 15 is 0 Å². The summed E-state index contributed by atoms with van der Waals surface area (Å²) in [5, 5.41) is 9.41. The van der Waals surface area contributed by atoms with E-state index in [1.54, 1.807) is 25.5 Å². The number of thiophene rings is 1. The molecule has 6 rings (SSSR count). The topological polar surface area (TPSA) is 100 Å². The van der Waals surface area contributed by atoms with E-state index < -0.39 is 0 Å². The number of Topliss-reactive ketones (excluding diaryl/α,β-unsaturated/α-hetero) is 1. The van der Waals surface area contributed by atoms with E-state index in [1.807, 2.05) is 48.5 Å². The smallest absolute Gasteiger partial charge is 0.169 e. The van der Waals surface area contributed by atoms with Crippen molar-refractivity contribution < 1.29 is 4.79 Å². The van der Waals surface area contributed by atoms with Crippen molar-refractivity contribution in [2.24, 2.45) is 0 Å². The molecule has 154 valence electrons. The van der Waals surface area contributed by atoms with Crippen molar-refractivity contribution >= 4 is 39.2 Å². The third-order valence-electron chi connectivity index (χ3n) is 5.38. The van der Waals surface area contributed by atoms with E-state index in [-0.39, 0.29) is 5.78 Å². The molecular weight excluding hydrogens is 420 g/mol. The molecule has 8 heteroatoms. The van der Waals surface area contributed by atoms with Crippen LogP contribution in [0.25, 0.3) is 55.2 Å². The molecule has 0 bridgehead atoms. The number of nitrogens with one attached hydrogen (secondary N) is 2. The largest absolute Gasteiger partial charge is 0.338 e. The Labute approximate surface area is 186 Å². The highest BCUT2D eigenvalue weighted by molar-refractivity contribution is 7.17. The number of fused-ring (bicyclic) bond motifs is 2. The minimum Gasteiger partial charge on any atom is -0.338 e. The first kappa shape index (κ1) is 18.6. The number of H-pyrrole nitrogens is 2. The zero-order valence-corrected chi connectivity index (χ0v) is 17.8. The molecule has 7 nitrogen and oxygen atoms in total. The normalized spacial score (nSPS) is 11.4. The van der Waals surface area contributed by atoms with Gasteiger partial charge >= 0.3 is 0 Å². The molecule has 32 heavy (non-hydrogen) atoms. The summed E-state index contributed by atoms with van der Waals surface area (Å²) in [5.41, 5.74) is 5.89. The number of nitrogens with zero attached hydrogens (tertiary/aromatic N) is 4. The van der Waals surface area contributed by atoms with Gasteiger partial charge in [-0.2, -0.15) is 5.10 Å². The van der Waals surface area contributed by atoms with Gasteiger partial charge in [-0.05, 0) is 49.4 Å². The fourth-order valence-corrected chi connectivity index (χ4v) is 4.76. The lowest BCUT2D eigenvalue weighted by molar-refractivity contribution is 0.102. The van der Waals surface area contributed by atoms with Crippen LogP contribution in [0.2, 0.25) is 0 Å². The van der Waals surface area contributed by atoms with Gasteiger partial charge in [0.1, 0.15) is 11.3 Å². The highest BCUT2D eigenvalue weighted by Crippen LogP contribution is 2.36. The SMILES string of the molecule is CC(=O)c1ccc(-c2ccnc3[nH]c(-c4n[nH]c5ncc(-c6ccccn6)cc45)cc23)s1. The van der Waals surface area contributed by atoms with Gasteiger partial charge in [-0.25, -0.2) is 9.97 Å². The Morgan fingerprint density at radius 3 is 2.69 bits per heavy atom. The van der Waals surface area contributed by atoms with Crippen molar-refractivity contribution in [2.75, 3.05) is 0 Å². The third-order valence-corrected chi connectivity index (χ3v) is 6.60. The first-order valence-electron chi connectivity index (χ1n) is 10.0. The van der Waals surface area contributed by atoms with Crippen LogP contribution < -0.4 is 0 Å². The molecule has 0 fully saturated rings. The number of carbonyl (C=O) groups is 1. The highest BCUT2D eigenvalue weighted by atomic mass is 32.1. The summed E-state index contributed by atoms with van der Waals surface area (Å²) in [4.78, 5) is 30.4. The third kappa shape index (κ3) is 3.00. The van der Waals surface area contributed by atoms with E-state index in [0.717, 1.165) is 54.4 Å². The maximum absolute atomic E-state index is 11.7. The average Bonchev–Trinajstić information content (AvgIpc) is 3.56. The van der Waals surface area contributed by atoms with Crippen LogP contribution in [-0.4, -0.2) is 35.9 Å². The van der Waals surface area contributed by atoms with Crippen LogP contribution in [0.1, 0.15) is 16.6 Å². The van der Waals surface area contributed by atoms with E-state index in [9.17, 15) is 4.79 Å². The molecule has 0 unspecified atom stereocenters. The van der Waals surface area contributed by atoms with Crippen molar-refractivity contribution in [2.45, 2.75) is 6.92 Å². The molecule has 0 atom stereocenters. The van der Waals surface area contributed by atoms with Gasteiger partial charge in [-0.15, -0.1) is 11.3 Å². The molecule has 6 heterocycles. The van der Waals surface area contributed by atoms with Crippen LogP contribution in [0.4, 0.5) is 0 Å². The lowest BCUT2D eigenvalue weighted by Gasteiger charge is -2.00. The fourth-order valence-electron chi connectivity index (χ4n) is 3.82. The van der Waals surface area contributed by atoms with Gasteiger partial charge in [-0.3, -0.25) is 14.9 Å². The van der Waals surface area contributed by atoms with Crippen molar-refractivity contribution in [1.29, 1.82) is 0 Å². The maximum atomic E-state index is 11.7. The Morgan fingerprint density at radius 2 is 1.88 bits per heavy atom. The van der Waals surface area contributed by atoms with Crippen molar-refractivity contribution in [3.05, 3.63) is 72.0 Å². The maximum Gasteiger partial charge on any atom is 0.169 e. The number of hydrogen-bond acceptors (Lipinski definition) is 6. The standard InChI is InChI=1S/C24H16N6OS/c1-13(31)20-5-6-21(32-20)15-7-9-26-23-16(15)11-19(28-23)22-17-10-14(12-27-24(17)30-29-22)18-4-2-3-8-25-18/h2-12H,1H3,(H,26,28)(H,27,29,30). The molecule has 6 aromatic heterocycles. The van der Waals surface area contributed by atoms with Crippen LogP contribution in [0.3, 0.4) is 0 Å². The van der Waals surface area contributed by atoms with Crippen LogP contribution in [-0.2, 0) is 0 Å². The number of rotatable bonds is 4. The second kappa shape index (κ2) is 7.21. The summed E-state index contributed by atoms with van der Waals surface area (Å²) in [6.07, 6.45) is 5.33. The highest BCUT2D eigenvalue weighted by Gasteiger charge is 2.16. The Balaban J connectivity index is 1.49. The van der Waals surface area contributed by atoms with E-state index in [0.29, 0.717) is 5.65 Å². The Kier molecular flexibility index (Phi) is 4.19. The van der Waals surface area contributed by atoms with Gasteiger partial charge in [0.15, 0.2) is 11.4 Å². The fraction of sp³-hybridized carbons (Fsp3) is 0.0417. The van der Waals surface area contributed by atoms with Crippen LogP contribution in [0.15, 0.2) is 67.1 Å². The predicted molar refractivity (Wildman–Crippen MR) is 126 cm³/mol. The quantitative estimate of drug-likeness (QED) is 0.356. The minimum absolute atomic E-state index is 0.0699. The van der Waals surface area contributed by atoms with Gasteiger partial charge < -0.3 is 4.98 Å². The molecule has 0 radical (unpaired) electrons. The lowest BCUT2D eigenvalue weighted by Crippen LogP contribution is -1.85. The molecule has 6 aromatic rings. The summed E-state index contributed by atoms with van der Waals surface area (Å²) in [5.74, 6) is 0.0699. The van der Waals surface area contributed by atoms with E-state index in [2.05, 4.69) is 30.1 Å². The molecule has 0 saturated heterocycles. The van der Waals surface area contributed by atoms with Crippen LogP contribution >= 0.6 is 11.3 Å². The van der Waals surface area contributed by atoms with Gasteiger partial charge in [0, 0.05) is 45.4 Å². The second-order valence-electron chi connectivity index (χ2n) is 7.43. The molecule has 0 spiro atoms. The summed E-state index contributed by atoms with van der Waals surface area (Å²) >= 11 is 1.49. The van der Waals surface area contributed by atoms with Crippen LogP contribution in [0, 0.1) is 0 Å². The number of aromatic nitrogens is 6. The lowest BCUT2D eigenvalue weighted by atomic mass is 10.1. The Bertz CT molecular complexity index is 1610. The molecule has 0 aliphatic carbocycles. The Morgan fingerprint density at radius 1 is 0.938 bits per heavy atom. The van der Waals surface area contributed by atoms with Crippen molar-refractivity contribution in [1.82, 2.24) is 30.1 Å². The summed E-state index contributed by atoms with van der Waals surface area (Å²) in [6, 6.07) is 15.7. The molecule has 0 amide bonds. The zero-order chi connectivity index (χ0) is 21.7. The summed E-state index contributed by atoms with van der Waals surface area (Å²) < 4.78 is 0. The summed E-state index contributed by atoms with van der Waals surface area (Å²) in [6.45, 7) is 1.59. The van der Waals surface area contributed by atoms with E-state index in [1.165, 1.54) is 11.3 Å². The number of pyridine rings is 3. The first-order valence-corrected chi connectivity index (χ1v) is 10.8. The molecule has 0 aromatic carbocycles. The molecule has 2 N–H and O–H groups in total. The Hall–Kier alpha value is -4.17. The summed E-state index contributed by atoms with van der Waals surface area (Å²) in [7, 11) is 0. The second-order valence-corrected chi connectivity index (χ2v) is 8.52. The number of ketones is 1. The minimum atomic E-state index is 0.0699. The average molecular weight is 437 g/mol. The van der Waals surface area contributed by atoms with Gasteiger partial charge in [0.05, 0.1) is 16.3 Å². The van der Waals surface area contributed by atoms with Crippen molar-refractivity contribution in [3.63, 3.8) is 0 Å². The molecular formula is C24H16N6OS. The molecule has 0 aliphatic heterocycles. The van der Waals surface area contributed by atoms with Gasteiger partial charge in [-0.1, -0.05) is 6.07 Å². The van der Waals surface area contributed by atoms with E-state index in [4.69, 9.17) is 0 Å². The first-order chi connectivity index (χ1) is 15.7. The number of aromatic amines is 2.